The highest BCUT2D eigenvalue weighted by atomic mass is 32.2. The Bertz CT molecular complexity index is 694. The quantitative estimate of drug-likeness (QED) is 0.797. The van der Waals surface area contributed by atoms with Gasteiger partial charge in [-0.3, -0.25) is 0 Å². The lowest BCUT2D eigenvalue weighted by Gasteiger charge is -2.22. The molecule has 1 unspecified atom stereocenters. The highest BCUT2D eigenvalue weighted by Crippen LogP contribution is 2.19. The molecule has 1 saturated heterocycles. The second kappa shape index (κ2) is 6.41. The lowest BCUT2D eigenvalue weighted by Crippen LogP contribution is -2.36. The third kappa shape index (κ3) is 4.24. The number of benzene rings is 1. The molecule has 3 N–H and O–H groups in total. The number of hydrogen-bond acceptors (Lipinski definition) is 5. The average molecular weight is 334 g/mol. The van der Waals surface area contributed by atoms with Gasteiger partial charge in [0.1, 0.15) is 9.79 Å². The van der Waals surface area contributed by atoms with Crippen molar-refractivity contribution in [1.82, 2.24) is 4.72 Å². The van der Waals surface area contributed by atoms with Gasteiger partial charge >= 0.3 is 0 Å². The molecule has 1 aliphatic heterocycles. The Morgan fingerprint density at radius 1 is 1.14 bits per heavy atom. The Balaban J connectivity index is 2.20. The fourth-order valence-corrected chi connectivity index (χ4v) is 4.60. The van der Waals surface area contributed by atoms with Gasteiger partial charge in [0.2, 0.25) is 20.0 Å². The van der Waals surface area contributed by atoms with Gasteiger partial charge in [-0.15, -0.1) is 0 Å². The summed E-state index contributed by atoms with van der Waals surface area (Å²) in [5.41, 5.74) is 0. The summed E-state index contributed by atoms with van der Waals surface area (Å²) in [6.07, 6.45) is 2.55. The summed E-state index contributed by atoms with van der Waals surface area (Å²) in [5.74, 6) is 0. The molecule has 1 atom stereocenters. The normalized spacial score (nSPS) is 20.3. The Kier molecular flexibility index (Phi) is 4.99. The lowest BCUT2D eigenvalue weighted by molar-refractivity contribution is 0.0200. The van der Waals surface area contributed by atoms with E-state index in [1.54, 1.807) is 0 Å². The maximum absolute atomic E-state index is 12.3. The highest BCUT2D eigenvalue weighted by molar-refractivity contribution is 7.92. The Labute approximate surface area is 124 Å². The summed E-state index contributed by atoms with van der Waals surface area (Å²) in [6, 6.07) is 5.24. The average Bonchev–Trinajstić information content (AvgIpc) is 2.45. The number of nitrogens with two attached hydrogens (primary N) is 1. The Morgan fingerprint density at radius 2 is 1.81 bits per heavy atom. The van der Waals surface area contributed by atoms with Crippen molar-refractivity contribution in [2.45, 2.75) is 35.2 Å². The van der Waals surface area contributed by atoms with Crippen molar-refractivity contribution in [1.29, 1.82) is 0 Å². The van der Waals surface area contributed by atoms with E-state index in [-0.39, 0.29) is 17.5 Å². The molecular weight excluding hydrogens is 316 g/mol. The van der Waals surface area contributed by atoms with Crippen LogP contribution in [0.2, 0.25) is 0 Å². The first-order chi connectivity index (χ1) is 9.81. The van der Waals surface area contributed by atoms with Crippen LogP contribution >= 0.6 is 0 Å². The smallest absolute Gasteiger partial charge is 0.242 e. The summed E-state index contributed by atoms with van der Waals surface area (Å²) in [6.45, 7) is 0.724. The van der Waals surface area contributed by atoms with Crippen LogP contribution in [0, 0.1) is 0 Å². The van der Waals surface area contributed by atoms with Crippen molar-refractivity contribution in [3.05, 3.63) is 24.3 Å². The van der Waals surface area contributed by atoms with Crippen LogP contribution in [0.5, 0.6) is 0 Å². The van der Waals surface area contributed by atoms with Crippen molar-refractivity contribution in [3.8, 4) is 0 Å². The van der Waals surface area contributed by atoms with Gasteiger partial charge < -0.3 is 4.74 Å². The van der Waals surface area contributed by atoms with Crippen molar-refractivity contribution in [2.75, 3.05) is 13.2 Å². The SMILES string of the molecule is NS(=O)(=O)c1ccccc1S(=O)(=O)NCC1CCCCO1. The van der Waals surface area contributed by atoms with Gasteiger partial charge in [-0.2, -0.15) is 0 Å². The van der Waals surface area contributed by atoms with Crippen LogP contribution < -0.4 is 9.86 Å². The van der Waals surface area contributed by atoms with Gasteiger partial charge in [-0.1, -0.05) is 12.1 Å². The molecule has 1 heterocycles. The van der Waals surface area contributed by atoms with Crippen LogP contribution in [-0.2, 0) is 24.8 Å². The van der Waals surface area contributed by atoms with Gasteiger partial charge in [-0.05, 0) is 31.4 Å². The molecule has 0 bridgehead atoms. The molecule has 0 radical (unpaired) electrons. The molecule has 0 spiro atoms. The van der Waals surface area contributed by atoms with E-state index in [1.807, 2.05) is 0 Å². The molecule has 118 valence electrons. The van der Waals surface area contributed by atoms with E-state index < -0.39 is 24.9 Å². The fraction of sp³-hybridized carbons (Fsp3) is 0.500. The van der Waals surface area contributed by atoms with Crippen LogP contribution in [0.3, 0.4) is 0 Å². The zero-order chi connectivity index (χ0) is 15.5. The zero-order valence-electron chi connectivity index (χ0n) is 11.4. The predicted octanol–water partition coefficient (Wildman–Crippen LogP) is 0.181. The van der Waals surface area contributed by atoms with Crippen molar-refractivity contribution in [3.63, 3.8) is 0 Å². The molecule has 1 fully saturated rings. The predicted molar refractivity (Wildman–Crippen MR) is 76.6 cm³/mol. The molecule has 0 aromatic heterocycles. The largest absolute Gasteiger partial charge is 0.377 e. The van der Waals surface area contributed by atoms with Gasteiger partial charge in [0.25, 0.3) is 0 Å². The standard InChI is InChI=1S/C12H18N2O5S2/c13-20(15,16)11-6-1-2-7-12(11)21(17,18)14-9-10-5-3-4-8-19-10/h1-2,6-7,10,14H,3-5,8-9H2,(H2,13,15,16). The summed E-state index contributed by atoms with van der Waals surface area (Å²) in [4.78, 5) is -0.759. The van der Waals surface area contributed by atoms with Crippen molar-refractivity contribution >= 4 is 20.0 Å². The Hall–Kier alpha value is -1.00. The maximum atomic E-state index is 12.3. The topological polar surface area (TPSA) is 116 Å². The number of sulfonamides is 2. The number of primary sulfonamides is 1. The number of ether oxygens (including phenoxy) is 1. The molecule has 21 heavy (non-hydrogen) atoms. The molecule has 0 saturated carbocycles. The van der Waals surface area contributed by atoms with E-state index >= 15 is 0 Å². The minimum Gasteiger partial charge on any atom is -0.377 e. The third-order valence-electron chi connectivity index (χ3n) is 3.22. The van der Waals surface area contributed by atoms with Crippen LogP contribution in [0.25, 0.3) is 0 Å². The molecule has 0 aliphatic carbocycles. The van der Waals surface area contributed by atoms with Crippen LogP contribution in [-0.4, -0.2) is 36.1 Å². The number of nitrogens with one attached hydrogen (secondary N) is 1. The summed E-state index contributed by atoms with van der Waals surface area (Å²) in [5, 5.41) is 5.05. The molecule has 9 heteroatoms. The summed E-state index contributed by atoms with van der Waals surface area (Å²) in [7, 11) is -8.07. The minimum absolute atomic E-state index is 0.112. The van der Waals surface area contributed by atoms with E-state index in [4.69, 9.17) is 9.88 Å². The first-order valence-corrected chi connectivity index (χ1v) is 9.57. The van der Waals surface area contributed by atoms with E-state index in [2.05, 4.69) is 4.72 Å². The first kappa shape index (κ1) is 16.4. The van der Waals surface area contributed by atoms with Crippen LogP contribution in [0.4, 0.5) is 0 Å². The minimum atomic E-state index is -4.11. The number of hydrogen-bond donors (Lipinski definition) is 2. The van der Waals surface area contributed by atoms with Gasteiger partial charge in [0.15, 0.2) is 0 Å². The monoisotopic (exact) mass is 334 g/mol. The molecule has 0 amide bonds. The summed E-state index contributed by atoms with van der Waals surface area (Å²) >= 11 is 0. The van der Waals surface area contributed by atoms with Gasteiger partial charge in [-0.25, -0.2) is 26.7 Å². The molecule has 2 rings (SSSR count). The lowest BCUT2D eigenvalue weighted by atomic mass is 10.1. The van der Waals surface area contributed by atoms with E-state index in [0.717, 1.165) is 19.3 Å². The molecule has 1 aliphatic rings. The highest BCUT2D eigenvalue weighted by Gasteiger charge is 2.25. The number of rotatable bonds is 5. The third-order valence-corrected chi connectivity index (χ3v) is 5.80. The first-order valence-electron chi connectivity index (χ1n) is 6.54. The van der Waals surface area contributed by atoms with Crippen molar-refractivity contribution < 1.29 is 21.6 Å². The second-order valence-corrected chi connectivity index (χ2v) is 8.10. The van der Waals surface area contributed by atoms with Gasteiger partial charge in [0.05, 0.1) is 6.10 Å². The molecule has 1 aromatic rings. The van der Waals surface area contributed by atoms with Crippen LogP contribution in [0.15, 0.2) is 34.1 Å². The zero-order valence-corrected chi connectivity index (χ0v) is 13.0. The fourth-order valence-electron chi connectivity index (χ4n) is 2.16. The maximum Gasteiger partial charge on any atom is 0.242 e. The van der Waals surface area contributed by atoms with E-state index in [0.29, 0.717) is 6.61 Å². The van der Waals surface area contributed by atoms with Crippen molar-refractivity contribution in [2.24, 2.45) is 5.14 Å². The summed E-state index contributed by atoms with van der Waals surface area (Å²) < 4.78 is 55.3. The van der Waals surface area contributed by atoms with E-state index in [1.165, 1.54) is 24.3 Å². The van der Waals surface area contributed by atoms with Gasteiger partial charge in [0, 0.05) is 13.2 Å². The molecule has 7 nitrogen and oxygen atoms in total. The molecular formula is C12H18N2O5S2. The Morgan fingerprint density at radius 3 is 2.38 bits per heavy atom. The molecule has 1 aromatic carbocycles. The van der Waals surface area contributed by atoms with E-state index in [9.17, 15) is 16.8 Å². The second-order valence-electron chi connectivity index (χ2n) is 4.83. The van der Waals surface area contributed by atoms with Crippen LogP contribution in [0.1, 0.15) is 19.3 Å².